The van der Waals surface area contributed by atoms with Gasteiger partial charge in [-0.3, -0.25) is 0 Å². The maximum absolute atomic E-state index is 4.57. The van der Waals surface area contributed by atoms with Gasteiger partial charge in [0, 0.05) is 17.3 Å². The fraction of sp³-hybridized carbons (Fsp3) is 0.417. The van der Waals surface area contributed by atoms with Gasteiger partial charge in [-0.25, -0.2) is 4.98 Å². The summed E-state index contributed by atoms with van der Waals surface area (Å²) < 4.78 is 0. The van der Waals surface area contributed by atoms with Crippen LogP contribution in [-0.4, -0.2) is 9.97 Å². The molecule has 14 heavy (non-hydrogen) atoms. The van der Waals surface area contributed by atoms with Gasteiger partial charge in [0.15, 0.2) is 0 Å². The largest absolute Gasteiger partial charge is 0.346 e. The number of aryl methyl sites for hydroxylation is 3. The van der Waals surface area contributed by atoms with Gasteiger partial charge < -0.3 is 4.98 Å². The third kappa shape index (κ3) is 1.14. The molecule has 2 nitrogen and oxygen atoms in total. The molecule has 0 saturated carbocycles. The van der Waals surface area contributed by atoms with E-state index in [-0.39, 0.29) is 0 Å². The van der Waals surface area contributed by atoms with Gasteiger partial charge in [-0.05, 0) is 43.9 Å². The quantitative estimate of drug-likeness (QED) is 0.732. The van der Waals surface area contributed by atoms with Gasteiger partial charge in [-0.2, -0.15) is 0 Å². The van der Waals surface area contributed by atoms with Crippen LogP contribution in [0.2, 0.25) is 0 Å². The highest BCUT2D eigenvalue weighted by atomic mass is 14.9. The Morgan fingerprint density at radius 3 is 2.64 bits per heavy atom. The summed E-state index contributed by atoms with van der Waals surface area (Å²) in [4.78, 5) is 7.78. The smallest absolute Gasteiger partial charge is 0.138 e. The normalized spacial score (nSPS) is 11.1. The number of rotatable bonds is 1. The Hall–Kier alpha value is -1.31. The summed E-state index contributed by atoms with van der Waals surface area (Å²) >= 11 is 0. The second-order valence-corrected chi connectivity index (χ2v) is 3.85. The van der Waals surface area contributed by atoms with E-state index in [1.807, 2.05) is 6.20 Å². The number of nitrogens with one attached hydrogen (secondary N) is 1. The zero-order valence-corrected chi connectivity index (χ0v) is 9.23. The highest BCUT2D eigenvalue weighted by Gasteiger charge is 2.10. The predicted octanol–water partition coefficient (Wildman–Crippen LogP) is 3.05. The van der Waals surface area contributed by atoms with Crippen molar-refractivity contribution in [2.75, 3.05) is 0 Å². The molecule has 0 bridgehead atoms. The molecule has 2 heterocycles. The van der Waals surface area contributed by atoms with Crippen LogP contribution < -0.4 is 0 Å². The van der Waals surface area contributed by atoms with E-state index in [4.69, 9.17) is 0 Å². The van der Waals surface area contributed by atoms with E-state index in [1.165, 1.54) is 22.1 Å². The molecule has 0 unspecified atom stereocenters. The first-order valence-corrected chi connectivity index (χ1v) is 5.09. The molecule has 0 spiro atoms. The molecular weight excluding hydrogens is 172 g/mol. The lowest BCUT2D eigenvalue weighted by Crippen LogP contribution is -1.96. The van der Waals surface area contributed by atoms with E-state index in [1.54, 1.807) is 0 Å². The summed E-state index contributed by atoms with van der Waals surface area (Å²) in [5.74, 6) is 0. The Morgan fingerprint density at radius 1 is 1.29 bits per heavy atom. The van der Waals surface area contributed by atoms with Crippen molar-refractivity contribution in [2.45, 2.75) is 34.1 Å². The summed E-state index contributed by atoms with van der Waals surface area (Å²) in [5, 5.41) is 1.30. The summed E-state index contributed by atoms with van der Waals surface area (Å²) in [7, 11) is 0. The number of hydrogen-bond acceptors (Lipinski definition) is 1. The van der Waals surface area contributed by atoms with Gasteiger partial charge in [-0.15, -0.1) is 0 Å². The third-order valence-corrected chi connectivity index (χ3v) is 2.95. The summed E-state index contributed by atoms with van der Waals surface area (Å²) in [6, 6.07) is 0. The average molecular weight is 188 g/mol. The molecule has 0 saturated heterocycles. The molecule has 74 valence electrons. The number of aromatic nitrogens is 2. The van der Waals surface area contributed by atoms with Crippen molar-refractivity contribution < 1.29 is 0 Å². The second kappa shape index (κ2) is 3.12. The van der Waals surface area contributed by atoms with Crippen LogP contribution in [0, 0.1) is 20.8 Å². The number of fused-ring (bicyclic) bond motifs is 1. The first kappa shape index (κ1) is 9.25. The van der Waals surface area contributed by atoms with Crippen molar-refractivity contribution >= 4 is 11.0 Å². The van der Waals surface area contributed by atoms with E-state index >= 15 is 0 Å². The van der Waals surface area contributed by atoms with Crippen molar-refractivity contribution in [3.63, 3.8) is 0 Å². The molecule has 1 N–H and O–H groups in total. The van der Waals surface area contributed by atoms with Crippen molar-refractivity contribution in [3.8, 4) is 0 Å². The number of aromatic amines is 1. The van der Waals surface area contributed by atoms with Gasteiger partial charge in [0.1, 0.15) is 5.65 Å². The average Bonchev–Trinajstić information content (AvgIpc) is 2.48. The fourth-order valence-electron chi connectivity index (χ4n) is 2.25. The van der Waals surface area contributed by atoms with E-state index in [0.717, 1.165) is 17.8 Å². The molecule has 0 amide bonds. The van der Waals surface area contributed by atoms with Crippen LogP contribution in [0.3, 0.4) is 0 Å². The van der Waals surface area contributed by atoms with Crippen LogP contribution in [0.25, 0.3) is 11.0 Å². The van der Waals surface area contributed by atoms with Crippen LogP contribution in [0.4, 0.5) is 0 Å². The van der Waals surface area contributed by atoms with Crippen molar-refractivity contribution in [3.05, 3.63) is 28.6 Å². The minimum Gasteiger partial charge on any atom is -0.346 e. The van der Waals surface area contributed by atoms with Gasteiger partial charge in [-0.1, -0.05) is 6.92 Å². The van der Waals surface area contributed by atoms with Gasteiger partial charge in [0.2, 0.25) is 0 Å². The Labute approximate surface area is 84.4 Å². The highest BCUT2D eigenvalue weighted by molar-refractivity contribution is 5.84. The SMILES string of the molecule is CCc1c(C)nc2[nH]cc(C)c2c1C. The molecule has 2 heteroatoms. The molecular formula is C12H16N2. The summed E-state index contributed by atoms with van der Waals surface area (Å²) in [5.41, 5.74) is 6.24. The standard InChI is InChI=1S/C12H16N2/c1-5-10-8(3)11-7(2)6-13-12(11)14-9(10)4/h6H,5H2,1-4H3,(H,13,14). The van der Waals surface area contributed by atoms with Gasteiger partial charge in [0.05, 0.1) is 0 Å². The number of pyridine rings is 1. The summed E-state index contributed by atoms with van der Waals surface area (Å²) in [6.45, 7) is 8.59. The van der Waals surface area contributed by atoms with Crippen LogP contribution in [0.15, 0.2) is 6.20 Å². The highest BCUT2D eigenvalue weighted by Crippen LogP contribution is 2.25. The first-order chi connectivity index (χ1) is 6.65. The number of H-pyrrole nitrogens is 1. The van der Waals surface area contributed by atoms with E-state index < -0.39 is 0 Å². The van der Waals surface area contributed by atoms with E-state index in [9.17, 15) is 0 Å². The van der Waals surface area contributed by atoms with Crippen LogP contribution in [0.5, 0.6) is 0 Å². The summed E-state index contributed by atoms with van der Waals surface area (Å²) in [6.07, 6.45) is 3.09. The maximum atomic E-state index is 4.57. The Bertz CT molecular complexity index is 481. The van der Waals surface area contributed by atoms with Crippen molar-refractivity contribution in [1.82, 2.24) is 9.97 Å². The molecule has 0 fully saturated rings. The Morgan fingerprint density at radius 2 is 2.00 bits per heavy atom. The van der Waals surface area contributed by atoms with Gasteiger partial charge in [0.25, 0.3) is 0 Å². The third-order valence-electron chi connectivity index (χ3n) is 2.95. The molecule has 0 aliphatic carbocycles. The lowest BCUT2D eigenvalue weighted by Gasteiger charge is -2.08. The number of nitrogens with zero attached hydrogens (tertiary/aromatic N) is 1. The Kier molecular flexibility index (Phi) is 2.06. The van der Waals surface area contributed by atoms with Crippen molar-refractivity contribution in [2.24, 2.45) is 0 Å². The molecule has 0 radical (unpaired) electrons. The van der Waals surface area contributed by atoms with Crippen LogP contribution in [0.1, 0.15) is 29.3 Å². The lowest BCUT2D eigenvalue weighted by atomic mass is 10.0. The molecule has 0 aromatic carbocycles. The molecule has 2 aromatic rings. The van der Waals surface area contributed by atoms with Crippen LogP contribution in [-0.2, 0) is 6.42 Å². The van der Waals surface area contributed by atoms with Crippen LogP contribution >= 0.6 is 0 Å². The molecule has 0 aliphatic rings. The second-order valence-electron chi connectivity index (χ2n) is 3.85. The molecule has 2 rings (SSSR count). The zero-order chi connectivity index (χ0) is 10.3. The minimum atomic E-state index is 1.02. The monoisotopic (exact) mass is 188 g/mol. The Balaban J connectivity index is 2.89. The molecule has 2 aromatic heterocycles. The van der Waals surface area contributed by atoms with E-state index in [0.29, 0.717) is 0 Å². The first-order valence-electron chi connectivity index (χ1n) is 5.09. The molecule has 0 atom stereocenters. The van der Waals surface area contributed by atoms with E-state index in [2.05, 4.69) is 37.7 Å². The number of hydrogen-bond donors (Lipinski definition) is 1. The maximum Gasteiger partial charge on any atom is 0.138 e. The molecule has 0 aliphatic heterocycles. The lowest BCUT2D eigenvalue weighted by molar-refractivity contribution is 1.04. The minimum absolute atomic E-state index is 1.02. The van der Waals surface area contributed by atoms with Gasteiger partial charge >= 0.3 is 0 Å². The predicted molar refractivity (Wildman–Crippen MR) is 59.7 cm³/mol. The van der Waals surface area contributed by atoms with Crippen molar-refractivity contribution in [1.29, 1.82) is 0 Å². The topological polar surface area (TPSA) is 28.7 Å². The fourth-order valence-corrected chi connectivity index (χ4v) is 2.25. The zero-order valence-electron chi connectivity index (χ0n) is 9.23.